The summed E-state index contributed by atoms with van der Waals surface area (Å²) in [6, 6.07) is 3.90. The fourth-order valence-corrected chi connectivity index (χ4v) is 2.84. The maximum Gasteiger partial charge on any atom is 0.179 e. The van der Waals surface area contributed by atoms with Crippen molar-refractivity contribution >= 4 is 11.6 Å². The van der Waals surface area contributed by atoms with Gasteiger partial charge in [0, 0.05) is 13.1 Å². The van der Waals surface area contributed by atoms with Gasteiger partial charge in [-0.3, -0.25) is 4.90 Å². The molecule has 0 radical (unpaired) electrons. The summed E-state index contributed by atoms with van der Waals surface area (Å²) in [7, 11) is 0. The Bertz CT molecular complexity index is 482. The Morgan fingerprint density at radius 2 is 2.10 bits per heavy atom. The number of hydrogen-bond acceptors (Lipinski definition) is 5. The smallest absolute Gasteiger partial charge is 0.179 e. The topological polar surface area (TPSA) is 51.2 Å². The number of rotatable bonds is 3. The first kappa shape index (κ1) is 13.9. The average Bonchev–Trinajstić information content (AvgIpc) is 2.48. The van der Waals surface area contributed by atoms with E-state index in [9.17, 15) is 5.11 Å². The Labute approximate surface area is 123 Å². The number of hydrogen-bond donors (Lipinski definition) is 1. The normalized spacial score (nSPS) is 22.8. The molecule has 3 rings (SSSR count). The Morgan fingerprint density at radius 1 is 1.25 bits per heavy atom. The molecule has 1 fully saturated rings. The standard InChI is InChI=1S/C14H18ClNO4/c15-12-5-10(6-13-14(12)20-4-3-19-13)7-16-1-2-18-9-11(16)8-17/h5-6,11,17H,1-4,7-9H2. The molecule has 0 amide bonds. The molecule has 2 heterocycles. The largest absolute Gasteiger partial charge is 0.486 e. The zero-order valence-electron chi connectivity index (χ0n) is 11.2. The minimum absolute atomic E-state index is 0.0377. The fourth-order valence-electron chi connectivity index (χ4n) is 2.56. The molecule has 20 heavy (non-hydrogen) atoms. The van der Waals surface area contributed by atoms with Crippen molar-refractivity contribution in [2.45, 2.75) is 12.6 Å². The third-order valence-corrected chi connectivity index (χ3v) is 3.88. The van der Waals surface area contributed by atoms with Crippen molar-refractivity contribution < 1.29 is 19.3 Å². The second-order valence-corrected chi connectivity index (χ2v) is 5.39. The molecule has 1 atom stereocenters. The summed E-state index contributed by atoms with van der Waals surface area (Å²) < 4.78 is 16.5. The van der Waals surface area contributed by atoms with Gasteiger partial charge in [0.2, 0.25) is 0 Å². The van der Waals surface area contributed by atoms with Crippen molar-refractivity contribution in [3.05, 3.63) is 22.7 Å². The Kier molecular flexibility index (Phi) is 4.31. The fraction of sp³-hybridized carbons (Fsp3) is 0.571. The van der Waals surface area contributed by atoms with Crippen LogP contribution in [0.3, 0.4) is 0 Å². The Morgan fingerprint density at radius 3 is 2.95 bits per heavy atom. The van der Waals surface area contributed by atoms with E-state index in [0.29, 0.717) is 49.5 Å². The number of fused-ring (bicyclic) bond motifs is 1. The Hall–Kier alpha value is -1.01. The van der Waals surface area contributed by atoms with Crippen LogP contribution in [0, 0.1) is 0 Å². The molecule has 1 saturated heterocycles. The first-order valence-corrected chi connectivity index (χ1v) is 7.16. The lowest BCUT2D eigenvalue weighted by molar-refractivity contribution is -0.0313. The van der Waals surface area contributed by atoms with E-state index in [-0.39, 0.29) is 12.6 Å². The number of benzene rings is 1. The van der Waals surface area contributed by atoms with Gasteiger partial charge in [-0.1, -0.05) is 11.6 Å². The number of aliphatic hydroxyl groups is 1. The van der Waals surface area contributed by atoms with Crippen molar-refractivity contribution in [2.75, 3.05) is 39.6 Å². The molecule has 1 unspecified atom stereocenters. The molecule has 1 aromatic rings. The van der Waals surface area contributed by atoms with Crippen LogP contribution in [-0.4, -0.2) is 55.6 Å². The highest BCUT2D eigenvalue weighted by molar-refractivity contribution is 6.32. The highest BCUT2D eigenvalue weighted by Crippen LogP contribution is 2.38. The summed E-state index contributed by atoms with van der Waals surface area (Å²) in [6.45, 7) is 3.94. The van der Waals surface area contributed by atoms with Crippen LogP contribution < -0.4 is 9.47 Å². The molecule has 0 bridgehead atoms. The van der Waals surface area contributed by atoms with Crippen molar-refractivity contribution in [1.82, 2.24) is 4.90 Å². The van der Waals surface area contributed by atoms with Crippen LogP contribution in [-0.2, 0) is 11.3 Å². The number of halogens is 1. The zero-order valence-corrected chi connectivity index (χ0v) is 11.9. The van der Waals surface area contributed by atoms with Gasteiger partial charge in [-0.2, -0.15) is 0 Å². The van der Waals surface area contributed by atoms with Crippen LogP contribution in [0.2, 0.25) is 5.02 Å². The van der Waals surface area contributed by atoms with E-state index in [1.54, 1.807) is 0 Å². The van der Waals surface area contributed by atoms with Crippen LogP contribution in [0.15, 0.2) is 12.1 Å². The third-order valence-electron chi connectivity index (χ3n) is 3.60. The van der Waals surface area contributed by atoms with Gasteiger partial charge in [-0.15, -0.1) is 0 Å². The van der Waals surface area contributed by atoms with Crippen molar-refractivity contribution in [2.24, 2.45) is 0 Å². The number of aliphatic hydroxyl groups excluding tert-OH is 1. The lowest BCUT2D eigenvalue weighted by Crippen LogP contribution is -2.46. The van der Waals surface area contributed by atoms with Gasteiger partial charge in [-0.25, -0.2) is 0 Å². The highest BCUT2D eigenvalue weighted by atomic mass is 35.5. The summed E-state index contributed by atoms with van der Waals surface area (Å²) in [5, 5.41) is 9.97. The summed E-state index contributed by atoms with van der Waals surface area (Å²) in [5.74, 6) is 1.33. The van der Waals surface area contributed by atoms with Crippen LogP contribution in [0.1, 0.15) is 5.56 Å². The quantitative estimate of drug-likeness (QED) is 0.912. The van der Waals surface area contributed by atoms with E-state index in [1.165, 1.54) is 0 Å². The summed E-state index contributed by atoms with van der Waals surface area (Å²) in [4.78, 5) is 2.20. The highest BCUT2D eigenvalue weighted by Gasteiger charge is 2.24. The zero-order chi connectivity index (χ0) is 13.9. The van der Waals surface area contributed by atoms with Crippen molar-refractivity contribution in [1.29, 1.82) is 0 Å². The van der Waals surface area contributed by atoms with Crippen molar-refractivity contribution in [3.8, 4) is 11.5 Å². The molecule has 0 spiro atoms. The minimum Gasteiger partial charge on any atom is -0.486 e. The number of ether oxygens (including phenoxy) is 3. The molecule has 0 aliphatic carbocycles. The molecule has 6 heteroatoms. The van der Waals surface area contributed by atoms with E-state index in [0.717, 1.165) is 12.1 Å². The van der Waals surface area contributed by atoms with Crippen LogP contribution in [0.4, 0.5) is 0 Å². The van der Waals surface area contributed by atoms with Gasteiger partial charge in [0.15, 0.2) is 11.5 Å². The van der Waals surface area contributed by atoms with Crippen molar-refractivity contribution in [3.63, 3.8) is 0 Å². The molecule has 5 nitrogen and oxygen atoms in total. The molecule has 0 aromatic heterocycles. The molecule has 2 aliphatic rings. The van der Waals surface area contributed by atoms with E-state index in [4.69, 9.17) is 25.8 Å². The summed E-state index contributed by atoms with van der Waals surface area (Å²) in [5.41, 5.74) is 1.06. The SMILES string of the molecule is OCC1COCCN1Cc1cc(Cl)c2c(c1)OCCO2. The van der Waals surface area contributed by atoms with Gasteiger partial charge < -0.3 is 19.3 Å². The lowest BCUT2D eigenvalue weighted by atomic mass is 10.1. The molecule has 2 aliphatic heterocycles. The van der Waals surface area contributed by atoms with Crippen LogP contribution in [0.25, 0.3) is 0 Å². The molecule has 1 N–H and O–H groups in total. The van der Waals surface area contributed by atoms with Crippen LogP contribution >= 0.6 is 11.6 Å². The average molecular weight is 300 g/mol. The van der Waals surface area contributed by atoms with Gasteiger partial charge in [0.25, 0.3) is 0 Å². The molecular weight excluding hydrogens is 282 g/mol. The molecule has 110 valence electrons. The lowest BCUT2D eigenvalue weighted by Gasteiger charge is -2.34. The van der Waals surface area contributed by atoms with E-state index in [2.05, 4.69) is 4.90 Å². The second-order valence-electron chi connectivity index (χ2n) is 4.98. The molecular formula is C14H18ClNO4. The van der Waals surface area contributed by atoms with E-state index in [1.807, 2.05) is 12.1 Å². The summed E-state index contributed by atoms with van der Waals surface area (Å²) >= 11 is 6.24. The number of nitrogens with zero attached hydrogens (tertiary/aromatic N) is 1. The predicted octanol–water partition coefficient (Wildman–Crippen LogP) is 1.30. The van der Waals surface area contributed by atoms with Gasteiger partial charge in [0.1, 0.15) is 13.2 Å². The van der Waals surface area contributed by atoms with Gasteiger partial charge >= 0.3 is 0 Å². The van der Waals surface area contributed by atoms with E-state index < -0.39 is 0 Å². The molecule has 1 aromatic carbocycles. The van der Waals surface area contributed by atoms with Gasteiger partial charge in [-0.05, 0) is 17.7 Å². The Balaban J connectivity index is 1.78. The maximum absolute atomic E-state index is 9.39. The summed E-state index contributed by atoms with van der Waals surface area (Å²) in [6.07, 6.45) is 0. The minimum atomic E-state index is 0.0377. The molecule has 0 saturated carbocycles. The third kappa shape index (κ3) is 2.86. The van der Waals surface area contributed by atoms with E-state index >= 15 is 0 Å². The predicted molar refractivity (Wildman–Crippen MR) is 74.5 cm³/mol. The second kappa shape index (κ2) is 6.18. The first-order chi connectivity index (χ1) is 9.78. The number of morpholine rings is 1. The monoisotopic (exact) mass is 299 g/mol. The first-order valence-electron chi connectivity index (χ1n) is 6.78. The maximum atomic E-state index is 9.39. The van der Waals surface area contributed by atoms with Gasteiger partial charge in [0.05, 0.1) is 30.9 Å². The van der Waals surface area contributed by atoms with Crippen LogP contribution in [0.5, 0.6) is 11.5 Å².